The minimum Gasteiger partial charge on any atom is -0.481 e. The minimum atomic E-state index is -0.930. The first-order valence-corrected chi connectivity index (χ1v) is 7.90. The van der Waals surface area contributed by atoms with Gasteiger partial charge in [0.1, 0.15) is 5.75 Å². The SMILES string of the molecule is CC(C)CCC(C)(O)CNC(=O)C(C)Oc1cccc(C#N)c1. The summed E-state index contributed by atoms with van der Waals surface area (Å²) in [5.74, 6) is 0.683. The molecule has 1 aromatic carbocycles. The topological polar surface area (TPSA) is 82.3 Å². The van der Waals surface area contributed by atoms with E-state index in [-0.39, 0.29) is 12.5 Å². The van der Waals surface area contributed by atoms with Crippen molar-refractivity contribution in [2.45, 2.75) is 52.2 Å². The van der Waals surface area contributed by atoms with E-state index in [1.54, 1.807) is 38.1 Å². The van der Waals surface area contributed by atoms with Crippen LogP contribution < -0.4 is 10.1 Å². The van der Waals surface area contributed by atoms with Gasteiger partial charge in [-0.2, -0.15) is 5.26 Å². The van der Waals surface area contributed by atoms with E-state index in [0.29, 0.717) is 23.7 Å². The number of hydrogen-bond donors (Lipinski definition) is 2. The van der Waals surface area contributed by atoms with Gasteiger partial charge in [0.15, 0.2) is 6.10 Å². The predicted octanol–water partition coefficient (Wildman–Crippen LogP) is 2.63. The van der Waals surface area contributed by atoms with Crippen molar-refractivity contribution in [3.8, 4) is 11.8 Å². The van der Waals surface area contributed by atoms with E-state index in [1.165, 1.54) is 0 Å². The molecule has 5 nitrogen and oxygen atoms in total. The van der Waals surface area contributed by atoms with E-state index in [4.69, 9.17) is 10.00 Å². The fourth-order valence-electron chi connectivity index (χ4n) is 2.01. The number of hydrogen-bond acceptors (Lipinski definition) is 4. The number of aliphatic hydroxyl groups is 1. The maximum absolute atomic E-state index is 12.1. The quantitative estimate of drug-likeness (QED) is 0.772. The highest BCUT2D eigenvalue weighted by Crippen LogP contribution is 2.16. The molecule has 0 radical (unpaired) electrons. The summed E-state index contributed by atoms with van der Waals surface area (Å²) in [6, 6.07) is 8.68. The fraction of sp³-hybridized carbons (Fsp3) is 0.556. The third-order valence-electron chi connectivity index (χ3n) is 3.55. The second-order valence-electron chi connectivity index (χ2n) is 6.55. The zero-order valence-corrected chi connectivity index (χ0v) is 14.3. The van der Waals surface area contributed by atoms with Gasteiger partial charge in [-0.1, -0.05) is 19.9 Å². The molecule has 0 aromatic heterocycles. The molecular formula is C18H26N2O3. The number of carbonyl (C=O) groups is 1. The van der Waals surface area contributed by atoms with Crippen LogP contribution in [0.3, 0.4) is 0 Å². The van der Waals surface area contributed by atoms with Crippen LogP contribution in [-0.2, 0) is 4.79 Å². The van der Waals surface area contributed by atoms with Crippen LogP contribution in [0.15, 0.2) is 24.3 Å². The summed E-state index contributed by atoms with van der Waals surface area (Å²) in [5.41, 5.74) is -0.452. The van der Waals surface area contributed by atoms with Crippen molar-refractivity contribution in [2.24, 2.45) is 5.92 Å². The number of nitrogens with one attached hydrogen (secondary N) is 1. The van der Waals surface area contributed by atoms with Gasteiger partial charge in [0.05, 0.1) is 17.2 Å². The highest BCUT2D eigenvalue weighted by molar-refractivity contribution is 5.80. The summed E-state index contributed by atoms with van der Waals surface area (Å²) in [4.78, 5) is 12.1. The van der Waals surface area contributed by atoms with Gasteiger partial charge in [-0.3, -0.25) is 4.79 Å². The lowest BCUT2D eigenvalue weighted by Crippen LogP contribution is -2.45. The average molecular weight is 318 g/mol. The van der Waals surface area contributed by atoms with Gasteiger partial charge in [0.2, 0.25) is 0 Å². The third-order valence-corrected chi connectivity index (χ3v) is 3.55. The first-order valence-electron chi connectivity index (χ1n) is 7.90. The molecule has 2 unspecified atom stereocenters. The molecule has 1 rings (SSSR count). The third kappa shape index (κ3) is 7.16. The zero-order chi connectivity index (χ0) is 17.5. The predicted molar refractivity (Wildman–Crippen MR) is 89.0 cm³/mol. The van der Waals surface area contributed by atoms with Crippen molar-refractivity contribution < 1.29 is 14.6 Å². The molecule has 0 spiro atoms. The molecule has 1 aromatic rings. The largest absolute Gasteiger partial charge is 0.481 e. The fourth-order valence-corrected chi connectivity index (χ4v) is 2.01. The molecule has 0 heterocycles. The van der Waals surface area contributed by atoms with Gasteiger partial charge in [-0.05, 0) is 50.8 Å². The van der Waals surface area contributed by atoms with Crippen LogP contribution >= 0.6 is 0 Å². The number of benzene rings is 1. The van der Waals surface area contributed by atoms with Crippen molar-refractivity contribution in [3.05, 3.63) is 29.8 Å². The smallest absolute Gasteiger partial charge is 0.260 e. The Morgan fingerprint density at radius 3 is 2.74 bits per heavy atom. The van der Waals surface area contributed by atoms with Gasteiger partial charge in [0.25, 0.3) is 5.91 Å². The molecule has 126 valence electrons. The first-order chi connectivity index (χ1) is 10.7. The van der Waals surface area contributed by atoms with Gasteiger partial charge < -0.3 is 15.2 Å². The molecule has 0 aliphatic carbocycles. The Morgan fingerprint density at radius 1 is 1.43 bits per heavy atom. The van der Waals surface area contributed by atoms with E-state index >= 15 is 0 Å². The van der Waals surface area contributed by atoms with Crippen LogP contribution in [0.4, 0.5) is 0 Å². The lowest BCUT2D eigenvalue weighted by molar-refractivity contribution is -0.128. The molecule has 0 bridgehead atoms. The molecular weight excluding hydrogens is 292 g/mol. The number of nitriles is 1. The maximum Gasteiger partial charge on any atom is 0.260 e. The molecule has 0 aliphatic heterocycles. The second-order valence-corrected chi connectivity index (χ2v) is 6.55. The van der Waals surface area contributed by atoms with Crippen LogP contribution in [0.25, 0.3) is 0 Å². The molecule has 0 saturated carbocycles. The van der Waals surface area contributed by atoms with Gasteiger partial charge >= 0.3 is 0 Å². The van der Waals surface area contributed by atoms with Crippen LogP contribution in [-0.4, -0.2) is 29.3 Å². The molecule has 0 fully saturated rings. The summed E-state index contributed by atoms with van der Waals surface area (Å²) in [6.07, 6.45) is 0.824. The highest BCUT2D eigenvalue weighted by Gasteiger charge is 2.23. The molecule has 0 saturated heterocycles. The van der Waals surface area contributed by atoms with E-state index < -0.39 is 11.7 Å². The second kappa shape index (κ2) is 8.54. The Morgan fingerprint density at radius 2 is 2.13 bits per heavy atom. The number of nitrogens with zero attached hydrogens (tertiary/aromatic N) is 1. The molecule has 0 aliphatic rings. The molecule has 2 atom stereocenters. The Kier molecular flexibility index (Phi) is 7.05. The van der Waals surface area contributed by atoms with E-state index in [9.17, 15) is 9.90 Å². The maximum atomic E-state index is 12.1. The van der Waals surface area contributed by atoms with Crippen LogP contribution in [0.5, 0.6) is 5.75 Å². The number of ether oxygens (including phenoxy) is 1. The molecule has 2 N–H and O–H groups in total. The van der Waals surface area contributed by atoms with Crippen molar-refractivity contribution in [3.63, 3.8) is 0 Å². The van der Waals surface area contributed by atoms with Gasteiger partial charge in [-0.25, -0.2) is 0 Å². The minimum absolute atomic E-state index is 0.185. The van der Waals surface area contributed by atoms with Crippen molar-refractivity contribution in [1.29, 1.82) is 5.26 Å². The van der Waals surface area contributed by atoms with Gasteiger partial charge in [0, 0.05) is 6.54 Å². The lowest BCUT2D eigenvalue weighted by Gasteiger charge is -2.25. The Hall–Kier alpha value is -2.06. The van der Waals surface area contributed by atoms with Crippen LogP contribution in [0, 0.1) is 17.2 Å². The van der Waals surface area contributed by atoms with Crippen molar-refractivity contribution >= 4 is 5.91 Å². The standard InChI is InChI=1S/C18H26N2O3/c1-13(2)8-9-18(4,22)12-20-17(21)14(3)23-16-7-5-6-15(10-16)11-19/h5-7,10,13-14,22H,8-9,12H2,1-4H3,(H,20,21). The molecule has 1 amide bonds. The normalized spacial score (nSPS) is 14.7. The number of carbonyl (C=O) groups excluding carboxylic acids is 1. The summed E-state index contributed by atoms with van der Waals surface area (Å²) in [5, 5.41) is 21.8. The average Bonchev–Trinajstić information content (AvgIpc) is 2.51. The Bertz CT molecular complexity index is 562. The Balaban J connectivity index is 2.49. The summed E-state index contributed by atoms with van der Waals surface area (Å²) in [6.45, 7) is 7.74. The van der Waals surface area contributed by atoms with Crippen molar-refractivity contribution in [1.82, 2.24) is 5.32 Å². The summed E-state index contributed by atoms with van der Waals surface area (Å²) < 4.78 is 5.54. The highest BCUT2D eigenvalue weighted by atomic mass is 16.5. The van der Waals surface area contributed by atoms with Gasteiger partial charge in [-0.15, -0.1) is 0 Å². The summed E-state index contributed by atoms with van der Waals surface area (Å²) in [7, 11) is 0. The Labute approximate surface area is 138 Å². The van der Waals surface area contributed by atoms with E-state index in [0.717, 1.165) is 6.42 Å². The lowest BCUT2D eigenvalue weighted by atomic mass is 9.95. The number of amides is 1. The molecule has 23 heavy (non-hydrogen) atoms. The van der Waals surface area contributed by atoms with Crippen LogP contribution in [0.2, 0.25) is 0 Å². The van der Waals surface area contributed by atoms with Crippen LogP contribution in [0.1, 0.15) is 46.1 Å². The van der Waals surface area contributed by atoms with E-state index in [1.807, 2.05) is 6.07 Å². The molecule has 5 heteroatoms. The summed E-state index contributed by atoms with van der Waals surface area (Å²) >= 11 is 0. The first kappa shape index (κ1) is 19.0. The number of rotatable bonds is 8. The zero-order valence-electron chi connectivity index (χ0n) is 14.3. The monoisotopic (exact) mass is 318 g/mol. The van der Waals surface area contributed by atoms with Crippen molar-refractivity contribution in [2.75, 3.05) is 6.54 Å². The van der Waals surface area contributed by atoms with E-state index in [2.05, 4.69) is 19.2 Å².